The predicted molar refractivity (Wildman–Crippen MR) is 55.0 cm³/mol. The zero-order valence-corrected chi connectivity index (χ0v) is 8.29. The number of rotatable bonds is 3. The summed E-state index contributed by atoms with van der Waals surface area (Å²) in [5.74, 6) is 0. The van der Waals surface area contributed by atoms with Crippen molar-refractivity contribution < 1.29 is 4.79 Å². The first kappa shape index (κ1) is 10.3. The van der Waals surface area contributed by atoms with Gasteiger partial charge in [-0.2, -0.15) is 0 Å². The van der Waals surface area contributed by atoms with Gasteiger partial charge >= 0.3 is 0 Å². The van der Waals surface area contributed by atoms with Crippen molar-refractivity contribution in [2.75, 3.05) is 0 Å². The number of carbonyl (C=O) groups excluding carboxylic acids is 1. The van der Waals surface area contributed by atoms with Crippen molar-refractivity contribution in [3.8, 4) is 0 Å². The molecule has 0 aliphatic carbocycles. The molecule has 0 aliphatic heterocycles. The molecule has 0 aliphatic rings. The second-order valence-corrected chi connectivity index (χ2v) is 3.39. The fourth-order valence-electron chi connectivity index (χ4n) is 0.912. The summed E-state index contributed by atoms with van der Waals surface area (Å²) in [7, 11) is 0. The Morgan fingerprint density at radius 2 is 1.92 bits per heavy atom. The minimum absolute atomic E-state index is 0.129. The molecule has 1 rings (SSSR count). The van der Waals surface area contributed by atoms with Gasteiger partial charge in [0.1, 0.15) is 0 Å². The normalized spacial score (nSPS) is 13.8. The van der Waals surface area contributed by atoms with Gasteiger partial charge in [0.05, 0.1) is 10.4 Å². The molecule has 3 heteroatoms. The van der Waals surface area contributed by atoms with Gasteiger partial charge in [-0.05, 0) is 11.6 Å². The maximum absolute atomic E-state index is 10.2. The van der Waals surface area contributed by atoms with E-state index >= 15 is 0 Å². The second kappa shape index (κ2) is 5.05. The standard InChI is InChI=1S/C10H8Cl2O/c11-9(7-13)6-10(12)8-4-2-1-3-5-8/h1-7,10H/b9-6-. The third kappa shape index (κ3) is 3.21. The summed E-state index contributed by atoms with van der Waals surface area (Å²) in [6.07, 6.45) is 2.07. The molecule has 0 spiro atoms. The Kier molecular flexibility index (Phi) is 4.00. The maximum atomic E-state index is 10.2. The van der Waals surface area contributed by atoms with Gasteiger partial charge in [-0.3, -0.25) is 4.79 Å². The van der Waals surface area contributed by atoms with Crippen LogP contribution in [0.15, 0.2) is 41.4 Å². The number of carbonyl (C=O) groups is 1. The Labute approximate surface area is 87.0 Å². The van der Waals surface area contributed by atoms with E-state index in [1.54, 1.807) is 0 Å². The average molecular weight is 215 g/mol. The third-order valence-corrected chi connectivity index (χ3v) is 2.13. The fraction of sp³-hybridized carbons (Fsp3) is 0.100. The molecule has 1 unspecified atom stereocenters. The van der Waals surface area contributed by atoms with Crippen molar-refractivity contribution in [1.82, 2.24) is 0 Å². The zero-order chi connectivity index (χ0) is 9.68. The molecule has 0 saturated carbocycles. The zero-order valence-electron chi connectivity index (χ0n) is 6.78. The van der Waals surface area contributed by atoms with Crippen molar-refractivity contribution >= 4 is 29.5 Å². The lowest BCUT2D eigenvalue weighted by Gasteiger charge is -2.03. The number of alkyl halides is 1. The van der Waals surface area contributed by atoms with Crippen molar-refractivity contribution in [2.45, 2.75) is 5.38 Å². The van der Waals surface area contributed by atoms with E-state index in [4.69, 9.17) is 23.2 Å². The van der Waals surface area contributed by atoms with E-state index in [0.717, 1.165) is 5.56 Å². The largest absolute Gasteiger partial charge is 0.297 e. The molecule has 1 aromatic rings. The van der Waals surface area contributed by atoms with E-state index in [1.807, 2.05) is 30.3 Å². The molecule has 0 heterocycles. The van der Waals surface area contributed by atoms with Crippen LogP contribution in [0.25, 0.3) is 0 Å². The van der Waals surface area contributed by atoms with Gasteiger partial charge in [-0.1, -0.05) is 41.9 Å². The Balaban J connectivity index is 2.80. The molecule has 0 fully saturated rings. The summed E-state index contributed by atoms with van der Waals surface area (Å²) in [4.78, 5) is 10.2. The summed E-state index contributed by atoms with van der Waals surface area (Å²) >= 11 is 11.5. The highest BCUT2D eigenvalue weighted by molar-refractivity contribution is 6.39. The minimum Gasteiger partial charge on any atom is -0.297 e. The van der Waals surface area contributed by atoms with Crippen molar-refractivity contribution in [1.29, 1.82) is 0 Å². The predicted octanol–water partition coefficient (Wildman–Crippen LogP) is 3.29. The summed E-state index contributed by atoms with van der Waals surface area (Å²) in [6.45, 7) is 0. The third-order valence-electron chi connectivity index (χ3n) is 1.54. The van der Waals surface area contributed by atoms with Crippen molar-refractivity contribution in [2.24, 2.45) is 0 Å². The van der Waals surface area contributed by atoms with E-state index in [1.165, 1.54) is 6.08 Å². The van der Waals surface area contributed by atoms with Crippen LogP contribution in [0, 0.1) is 0 Å². The fourth-order valence-corrected chi connectivity index (χ4v) is 1.38. The molecular formula is C10H8Cl2O. The highest BCUT2D eigenvalue weighted by Crippen LogP contribution is 2.23. The summed E-state index contributed by atoms with van der Waals surface area (Å²) in [5, 5.41) is -0.220. The van der Waals surface area contributed by atoms with E-state index in [9.17, 15) is 4.79 Å². The molecular weight excluding hydrogens is 207 g/mol. The first-order chi connectivity index (χ1) is 6.24. The number of hydrogen-bond donors (Lipinski definition) is 0. The van der Waals surface area contributed by atoms with Crippen LogP contribution in [0.5, 0.6) is 0 Å². The summed E-state index contributed by atoms with van der Waals surface area (Å²) in [6, 6.07) is 9.42. The van der Waals surface area contributed by atoms with Crippen LogP contribution in [-0.4, -0.2) is 6.29 Å². The Hall–Kier alpha value is -0.790. The molecule has 13 heavy (non-hydrogen) atoms. The van der Waals surface area contributed by atoms with Crippen LogP contribution >= 0.6 is 23.2 Å². The lowest BCUT2D eigenvalue weighted by Crippen LogP contribution is -1.86. The molecule has 0 radical (unpaired) electrons. The van der Waals surface area contributed by atoms with E-state index < -0.39 is 0 Å². The summed E-state index contributed by atoms with van der Waals surface area (Å²) in [5.41, 5.74) is 0.921. The minimum atomic E-state index is -0.348. The molecule has 1 nitrogen and oxygen atoms in total. The lowest BCUT2D eigenvalue weighted by molar-refractivity contribution is -0.104. The molecule has 0 aromatic heterocycles. The van der Waals surface area contributed by atoms with Gasteiger partial charge in [0, 0.05) is 0 Å². The Bertz CT molecular complexity index is 306. The van der Waals surface area contributed by atoms with Gasteiger partial charge in [-0.15, -0.1) is 11.6 Å². The van der Waals surface area contributed by atoms with Crippen molar-refractivity contribution in [3.63, 3.8) is 0 Å². The van der Waals surface area contributed by atoms with Crippen LogP contribution in [0.3, 0.4) is 0 Å². The van der Waals surface area contributed by atoms with Crippen LogP contribution in [0.2, 0.25) is 0 Å². The Morgan fingerprint density at radius 3 is 2.46 bits per heavy atom. The number of allylic oxidation sites excluding steroid dienone is 2. The molecule has 0 saturated heterocycles. The first-order valence-corrected chi connectivity index (χ1v) is 4.57. The second-order valence-electron chi connectivity index (χ2n) is 2.48. The molecule has 0 bridgehead atoms. The average Bonchev–Trinajstić information content (AvgIpc) is 2.19. The maximum Gasteiger partial charge on any atom is 0.161 e. The SMILES string of the molecule is O=C/C(Cl)=C/C(Cl)c1ccccc1. The van der Waals surface area contributed by atoms with Gasteiger partial charge in [0.25, 0.3) is 0 Å². The number of hydrogen-bond acceptors (Lipinski definition) is 1. The molecule has 0 N–H and O–H groups in total. The van der Waals surface area contributed by atoms with Gasteiger partial charge in [-0.25, -0.2) is 0 Å². The monoisotopic (exact) mass is 214 g/mol. The van der Waals surface area contributed by atoms with Gasteiger partial charge < -0.3 is 0 Å². The van der Waals surface area contributed by atoms with Crippen LogP contribution in [0.4, 0.5) is 0 Å². The summed E-state index contributed by atoms with van der Waals surface area (Å²) < 4.78 is 0. The van der Waals surface area contributed by atoms with Crippen molar-refractivity contribution in [3.05, 3.63) is 47.0 Å². The van der Waals surface area contributed by atoms with Crippen LogP contribution < -0.4 is 0 Å². The number of aldehydes is 1. The highest BCUT2D eigenvalue weighted by atomic mass is 35.5. The topological polar surface area (TPSA) is 17.1 Å². The van der Waals surface area contributed by atoms with Gasteiger partial charge in [0.2, 0.25) is 0 Å². The molecule has 68 valence electrons. The quantitative estimate of drug-likeness (QED) is 0.429. The highest BCUT2D eigenvalue weighted by Gasteiger charge is 2.03. The molecule has 1 atom stereocenters. The van der Waals surface area contributed by atoms with E-state index in [2.05, 4.69) is 0 Å². The molecule has 1 aromatic carbocycles. The van der Waals surface area contributed by atoms with E-state index in [0.29, 0.717) is 6.29 Å². The van der Waals surface area contributed by atoms with Crippen LogP contribution in [0.1, 0.15) is 10.9 Å². The smallest absolute Gasteiger partial charge is 0.161 e. The number of halogens is 2. The molecule has 0 amide bonds. The van der Waals surface area contributed by atoms with Gasteiger partial charge in [0.15, 0.2) is 6.29 Å². The number of benzene rings is 1. The first-order valence-electron chi connectivity index (χ1n) is 3.75. The lowest BCUT2D eigenvalue weighted by atomic mass is 10.1. The van der Waals surface area contributed by atoms with Crippen LogP contribution in [-0.2, 0) is 4.79 Å². The van der Waals surface area contributed by atoms with E-state index in [-0.39, 0.29) is 10.4 Å². The Morgan fingerprint density at radius 1 is 1.31 bits per heavy atom.